The van der Waals surface area contributed by atoms with Crippen LogP contribution in [0.15, 0.2) is 36.4 Å². The van der Waals surface area contributed by atoms with Crippen LogP contribution in [0.5, 0.6) is 0 Å². The molecule has 2 aromatic rings. The first-order valence-electron chi connectivity index (χ1n) is 7.00. The lowest BCUT2D eigenvalue weighted by Crippen LogP contribution is -2.30. The molecule has 0 spiro atoms. The van der Waals surface area contributed by atoms with E-state index in [9.17, 15) is 4.46 Å². The van der Waals surface area contributed by atoms with Gasteiger partial charge in [-0.05, 0) is 49.2 Å². The van der Waals surface area contributed by atoms with Crippen LogP contribution in [0.4, 0.5) is 0 Å². The molecule has 0 aliphatic rings. The zero-order valence-electron chi connectivity index (χ0n) is 13.2. The van der Waals surface area contributed by atoms with Crippen molar-refractivity contribution in [2.24, 2.45) is 0 Å². The minimum Gasteiger partial charge on any atom is -0.546 e. The second-order valence-corrected chi connectivity index (χ2v) is 8.91. The van der Waals surface area contributed by atoms with Crippen molar-refractivity contribution in [1.82, 2.24) is 0 Å². The van der Waals surface area contributed by atoms with Crippen LogP contribution in [-0.4, -0.2) is 28.7 Å². The first-order valence-corrected chi connectivity index (χ1v) is 10.0. The van der Waals surface area contributed by atoms with Gasteiger partial charge < -0.3 is 8.23 Å². The Morgan fingerprint density at radius 2 is 1.18 bits per heavy atom. The Morgan fingerprint density at radius 3 is 1.55 bits per heavy atom. The Bertz CT molecular complexity index is 629. The van der Waals surface area contributed by atoms with Crippen molar-refractivity contribution in [1.29, 1.82) is 0 Å². The van der Waals surface area contributed by atoms with Gasteiger partial charge in [0.2, 0.25) is 0 Å². The molecule has 3 nitrogen and oxygen atoms in total. The summed E-state index contributed by atoms with van der Waals surface area (Å²) in [7, 11) is -2.35. The van der Waals surface area contributed by atoms with Crippen molar-refractivity contribution in [3.05, 3.63) is 58.7 Å². The van der Waals surface area contributed by atoms with Crippen LogP contribution >= 0.6 is 0 Å². The van der Waals surface area contributed by atoms with Crippen molar-refractivity contribution < 1.29 is 12.7 Å². The van der Waals surface area contributed by atoms with Gasteiger partial charge in [0.1, 0.15) is 0 Å². The number of aryl methyl sites for hydroxylation is 4. The first kappa shape index (κ1) is 16.9. The summed E-state index contributed by atoms with van der Waals surface area (Å²) in [5.74, 6) is 0. The van der Waals surface area contributed by atoms with Crippen molar-refractivity contribution >= 4 is 39.1 Å². The largest absolute Gasteiger partial charge is 0.736 e. The normalized spacial score (nSPS) is 10.4. The maximum atomic E-state index is 11.9. The monoisotopic (exact) mass is 342 g/mol. The summed E-state index contributed by atoms with van der Waals surface area (Å²) in [6.45, 7) is 8.18. The first-order chi connectivity index (χ1) is 10.5. The number of rotatable bonds is 6. The fraction of sp³-hybridized carbons (Fsp3) is 0.250. The van der Waals surface area contributed by atoms with Crippen molar-refractivity contribution in [2.45, 2.75) is 27.7 Å². The Morgan fingerprint density at radius 1 is 0.773 bits per heavy atom. The summed E-state index contributed by atoms with van der Waals surface area (Å²) in [5, 5.41) is 2.14. The molecule has 2 aromatic carbocycles. The van der Waals surface area contributed by atoms with E-state index in [-0.39, 0.29) is 19.5 Å². The van der Waals surface area contributed by atoms with Crippen molar-refractivity contribution in [3.8, 4) is 0 Å². The topological polar surface area (TPSA) is 35.5 Å². The third kappa shape index (κ3) is 4.76. The molecule has 0 bridgehead atoms. The van der Waals surface area contributed by atoms with Gasteiger partial charge >= 0.3 is 28.7 Å². The second kappa shape index (κ2) is 7.66. The van der Waals surface area contributed by atoms with E-state index in [4.69, 9.17) is 8.23 Å². The Kier molecular flexibility index (Phi) is 5.87. The van der Waals surface area contributed by atoms with Crippen molar-refractivity contribution in [3.63, 3.8) is 0 Å². The molecule has 22 heavy (non-hydrogen) atoms. The van der Waals surface area contributed by atoms with Gasteiger partial charge in [-0.15, -0.1) is 0 Å². The smallest absolute Gasteiger partial charge is 0.546 e. The molecular formula is C16H18O3Si3. The predicted octanol–water partition coefficient (Wildman–Crippen LogP) is 1.56. The minimum absolute atomic E-state index is 0.0550. The zero-order valence-corrected chi connectivity index (χ0v) is 16.2. The van der Waals surface area contributed by atoms with Crippen LogP contribution in [-0.2, 0) is 12.7 Å². The molecule has 6 heteroatoms. The van der Waals surface area contributed by atoms with Gasteiger partial charge in [0.15, 0.2) is 0 Å². The predicted molar refractivity (Wildman–Crippen MR) is 91.2 cm³/mol. The van der Waals surface area contributed by atoms with Crippen LogP contribution in [0.25, 0.3) is 0 Å². The van der Waals surface area contributed by atoms with E-state index in [0.717, 1.165) is 21.5 Å². The summed E-state index contributed by atoms with van der Waals surface area (Å²) >= 11 is 0. The third-order valence-corrected chi connectivity index (χ3v) is 6.96. The molecule has 0 aliphatic carbocycles. The van der Waals surface area contributed by atoms with Gasteiger partial charge in [-0.1, -0.05) is 47.5 Å². The van der Waals surface area contributed by atoms with E-state index in [2.05, 4.69) is 26.0 Å². The molecule has 0 saturated carbocycles. The Balaban J connectivity index is 1.85. The summed E-state index contributed by atoms with van der Waals surface area (Å²) in [4.78, 5) is 0. The zero-order chi connectivity index (χ0) is 16.1. The number of benzene rings is 2. The summed E-state index contributed by atoms with van der Waals surface area (Å²) < 4.78 is 22.7. The molecule has 0 amide bonds. The van der Waals surface area contributed by atoms with E-state index in [1.54, 1.807) is 0 Å². The molecule has 0 aliphatic heterocycles. The van der Waals surface area contributed by atoms with E-state index < -0.39 is 9.17 Å². The van der Waals surface area contributed by atoms with Gasteiger partial charge in [0.25, 0.3) is 0 Å². The molecule has 0 fully saturated rings. The molecule has 112 valence electrons. The molecule has 0 heterocycles. The number of hydrogen-bond acceptors (Lipinski definition) is 3. The molecule has 0 aromatic heterocycles. The molecule has 0 saturated heterocycles. The quantitative estimate of drug-likeness (QED) is 0.748. The van der Waals surface area contributed by atoms with Gasteiger partial charge in [-0.2, -0.15) is 0 Å². The maximum Gasteiger partial charge on any atom is 0.736 e. The molecule has 0 unspecified atom stereocenters. The van der Waals surface area contributed by atoms with E-state index in [1.165, 1.54) is 11.1 Å². The van der Waals surface area contributed by atoms with Gasteiger partial charge in [-0.25, -0.2) is 0 Å². The summed E-state index contributed by atoms with van der Waals surface area (Å²) in [6.07, 6.45) is 0. The van der Waals surface area contributed by atoms with Crippen LogP contribution in [0.3, 0.4) is 0 Å². The minimum atomic E-state index is -2.46. The molecule has 0 atom stereocenters. The Hall–Kier alpha value is -1.51. The Labute approximate surface area is 138 Å². The van der Waals surface area contributed by atoms with E-state index >= 15 is 0 Å². The third-order valence-electron chi connectivity index (χ3n) is 3.25. The molecule has 4 radical (unpaired) electrons. The van der Waals surface area contributed by atoms with Crippen LogP contribution < -0.4 is 10.4 Å². The lowest BCUT2D eigenvalue weighted by Gasteiger charge is -2.08. The van der Waals surface area contributed by atoms with E-state index in [0.29, 0.717) is 0 Å². The van der Waals surface area contributed by atoms with Crippen molar-refractivity contribution in [2.75, 3.05) is 0 Å². The fourth-order valence-corrected chi connectivity index (χ4v) is 4.93. The molecule has 2 rings (SSSR count). The highest BCUT2D eigenvalue weighted by Crippen LogP contribution is 2.00. The average Bonchev–Trinajstić information content (AvgIpc) is 2.45. The fourth-order valence-electron chi connectivity index (χ4n) is 2.07. The van der Waals surface area contributed by atoms with Crippen LogP contribution in [0, 0.1) is 27.7 Å². The maximum absolute atomic E-state index is 11.9. The lowest BCUT2D eigenvalue weighted by molar-refractivity contribution is 0.367. The van der Waals surface area contributed by atoms with Gasteiger partial charge in [0.05, 0.1) is 0 Å². The standard InChI is InChI=1S/C16H18O3Si3/c1-11-5-7-15(13(3)9-11)20-18-22(17)19-21-16-8-6-12(2)10-14(16)4/h5-10H,1-4H3. The highest BCUT2D eigenvalue weighted by Gasteiger charge is 2.15. The van der Waals surface area contributed by atoms with Crippen LogP contribution in [0.1, 0.15) is 22.3 Å². The summed E-state index contributed by atoms with van der Waals surface area (Å²) in [5.41, 5.74) is 4.74. The summed E-state index contributed by atoms with van der Waals surface area (Å²) in [6, 6.07) is 12.3. The average molecular weight is 343 g/mol. The van der Waals surface area contributed by atoms with Gasteiger partial charge in [0, 0.05) is 0 Å². The molecular weight excluding hydrogens is 324 g/mol. The van der Waals surface area contributed by atoms with Gasteiger partial charge in [-0.3, -0.25) is 4.46 Å². The lowest BCUT2D eigenvalue weighted by atomic mass is 10.2. The highest BCUT2D eigenvalue weighted by atomic mass is 28.4. The second-order valence-electron chi connectivity index (χ2n) is 5.29. The highest BCUT2D eigenvalue weighted by molar-refractivity contribution is 6.60. The van der Waals surface area contributed by atoms with E-state index in [1.807, 2.05) is 38.1 Å². The van der Waals surface area contributed by atoms with Crippen LogP contribution in [0.2, 0.25) is 0 Å². The number of hydrogen-bond donors (Lipinski definition) is 0. The molecule has 0 N–H and O–H groups in total. The SMILES string of the molecule is Cc1ccc([Si]O[Si](=O)O[Si]c2ccc(C)cc2C)c(C)c1.